The zero-order valence-electron chi connectivity index (χ0n) is 7.98. The zero-order chi connectivity index (χ0) is 8.85. The molecule has 0 aromatic rings. The van der Waals surface area contributed by atoms with Gasteiger partial charge in [-0.05, 0) is 13.3 Å². The Hall–Kier alpha value is -0.590. The van der Waals surface area contributed by atoms with Crippen LogP contribution in [0, 0.1) is 5.92 Å². The molecule has 0 aliphatic rings. The lowest BCUT2D eigenvalue weighted by Gasteiger charge is -2.11. The van der Waals surface area contributed by atoms with Crippen LogP contribution in [0.5, 0.6) is 0 Å². The zero-order valence-corrected chi connectivity index (χ0v) is 7.98. The van der Waals surface area contributed by atoms with Gasteiger partial charge in [0, 0.05) is 12.3 Å². The highest BCUT2D eigenvalue weighted by molar-refractivity contribution is 5.82. The number of rotatable bonds is 4. The second-order valence-electron chi connectivity index (χ2n) is 2.76. The Balaban J connectivity index is 4.21. The van der Waals surface area contributed by atoms with Gasteiger partial charge in [0.2, 0.25) is 0 Å². The van der Waals surface area contributed by atoms with E-state index < -0.39 is 0 Å². The summed E-state index contributed by atoms with van der Waals surface area (Å²) in [5, 5.41) is 0. The van der Waals surface area contributed by atoms with E-state index >= 15 is 0 Å². The van der Waals surface area contributed by atoms with Crippen molar-refractivity contribution in [1.82, 2.24) is 0 Å². The molecule has 0 amide bonds. The van der Waals surface area contributed by atoms with Crippen LogP contribution in [0.15, 0.2) is 11.6 Å². The van der Waals surface area contributed by atoms with Crippen molar-refractivity contribution in [3.05, 3.63) is 11.6 Å². The second kappa shape index (κ2) is 5.11. The van der Waals surface area contributed by atoms with Gasteiger partial charge in [0.1, 0.15) is 5.78 Å². The summed E-state index contributed by atoms with van der Waals surface area (Å²) in [4.78, 5) is 11.2. The molecule has 0 aromatic heterocycles. The maximum atomic E-state index is 11.2. The summed E-state index contributed by atoms with van der Waals surface area (Å²) in [6.45, 7) is 8.00. The first-order chi connectivity index (χ1) is 5.17. The molecule has 11 heavy (non-hydrogen) atoms. The molecule has 1 atom stereocenters. The highest BCUT2D eigenvalue weighted by atomic mass is 16.1. The summed E-state index contributed by atoms with van der Waals surface area (Å²) in [5.74, 6) is 0.481. The Bertz CT molecular complexity index is 156. The number of hydrogen-bond donors (Lipinski definition) is 0. The fourth-order valence-corrected chi connectivity index (χ4v) is 1.27. The predicted octanol–water partition coefficient (Wildman–Crippen LogP) is 2.96. The van der Waals surface area contributed by atoms with E-state index in [0.717, 1.165) is 6.42 Å². The highest BCUT2D eigenvalue weighted by Gasteiger charge is 2.12. The Kier molecular flexibility index (Phi) is 4.84. The molecule has 0 saturated heterocycles. The van der Waals surface area contributed by atoms with Crippen molar-refractivity contribution in [3.63, 3.8) is 0 Å². The van der Waals surface area contributed by atoms with E-state index in [1.54, 1.807) is 0 Å². The lowest BCUT2D eigenvalue weighted by atomic mass is 9.93. The van der Waals surface area contributed by atoms with E-state index in [4.69, 9.17) is 0 Å². The number of carbonyl (C=O) groups excluding carboxylic acids is 1. The van der Waals surface area contributed by atoms with Crippen LogP contribution in [0.25, 0.3) is 0 Å². The number of hydrogen-bond acceptors (Lipinski definition) is 1. The van der Waals surface area contributed by atoms with Crippen LogP contribution >= 0.6 is 0 Å². The van der Waals surface area contributed by atoms with Gasteiger partial charge in [0.25, 0.3) is 0 Å². The molecule has 64 valence electrons. The van der Waals surface area contributed by atoms with Crippen LogP contribution in [0.1, 0.15) is 40.5 Å². The second-order valence-corrected chi connectivity index (χ2v) is 2.76. The largest absolute Gasteiger partial charge is 0.299 e. The molecule has 0 saturated carbocycles. The van der Waals surface area contributed by atoms with Crippen molar-refractivity contribution in [1.29, 1.82) is 0 Å². The van der Waals surface area contributed by atoms with E-state index in [9.17, 15) is 4.79 Å². The third-order valence-corrected chi connectivity index (χ3v) is 2.17. The SMILES string of the molecule is CC=C(CC)C(C)C(=O)CC. The molecule has 0 aromatic carbocycles. The molecule has 0 aliphatic carbocycles. The maximum Gasteiger partial charge on any atom is 0.139 e. The van der Waals surface area contributed by atoms with E-state index in [1.165, 1.54) is 5.57 Å². The summed E-state index contributed by atoms with van der Waals surface area (Å²) in [6, 6.07) is 0. The van der Waals surface area contributed by atoms with Gasteiger partial charge in [0.15, 0.2) is 0 Å². The standard InChI is InChI=1S/C10H18O/c1-5-9(6-2)8(4)10(11)7-3/h5,8H,6-7H2,1-4H3. The molecule has 0 spiro atoms. The molecule has 0 bridgehead atoms. The van der Waals surface area contributed by atoms with Crippen molar-refractivity contribution in [2.24, 2.45) is 5.92 Å². The first kappa shape index (κ1) is 10.4. The summed E-state index contributed by atoms with van der Waals surface area (Å²) in [6.07, 6.45) is 3.69. The van der Waals surface area contributed by atoms with Gasteiger partial charge in [-0.3, -0.25) is 4.79 Å². The quantitative estimate of drug-likeness (QED) is 0.569. The van der Waals surface area contributed by atoms with Gasteiger partial charge < -0.3 is 0 Å². The molecule has 0 N–H and O–H groups in total. The lowest BCUT2D eigenvalue weighted by molar-refractivity contribution is -0.121. The van der Waals surface area contributed by atoms with Crippen molar-refractivity contribution >= 4 is 5.78 Å². The van der Waals surface area contributed by atoms with Crippen LogP contribution in [0.2, 0.25) is 0 Å². The fourth-order valence-electron chi connectivity index (χ4n) is 1.27. The van der Waals surface area contributed by atoms with Crippen LogP contribution in [-0.2, 0) is 4.79 Å². The number of Topliss-reactive ketones (excluding diaryl/α,β-unsaturated/α-hetero) is 1. The monoisotopic (exact) mass is 154 g/mol. The van der Waals surface area contributed by atoms with E-state index in [0.29, 0.717) is 12.2 Å². The third kappa shape index (κ3) is 2.87. The Morgan fingerprint density at radius 2 is 1.91 bits per heavy atom. The van der Waals surface area contributed by atoms with E-state index in [-0.39, 0.29) is 5.92 Å². The highest BCUT2D eigenvalue weighted by Crippen LogP contribution is 2.15. The van der Waals surface area contributed by atoms with Gasteiger partial charge in [-0.25, -0.2) is 0 Å². The van der Waals surface area contributed by atoms with E-state index in [2.05, 4.69) is 13.0 Å². The normalized spacial score (nSPS) is 14.7. The lowest BCUT2D eigenvalue weighted by Crippen LogP contribution is -2.11. The maximum absolute atomic E-state index is 11.2. The molecule has 0 heterocycles. The molecule has 1 heteroatoms. The van der Waals surface area contributed by atoms with Crippen molar-refractivity contribution in [3.8, 4) is 0 Å². The van der Waals surface area contributed by atoms with Gasteiger partial charge in [0.05, 0.1) is 0 Å². The van der Waals surface area contributed by atoms with Gasteiger partial charge >= 0.3 is 0 Å². The predicted molar refractivity (Wildman–Crippen MR) is 48.5 cm³/mol. The van der Waals surface area contributed by atoms with Gasteiger partial charge in [-0.15, -0.1) is 0 Å². The van der Waals surface area contributed by atoms with Crippen LogP contribution in [0.3, 0.4) is 0 Å². The third-order valence-electron chi connectivity index (χ3n) is 2.17. The molecule has 0 aliphatic heterocycles. The average molecular weight is 154 g/mol. The minimum absolute atomic E-state index is 0.134. The van der Waals surface area contributed by atoms with Gasteiger partial charge in [-0.1, -0.05) is 32.4 Å². The minimum Gasteiger partial charge on any atom is -0.299 e. The molecule has 1 unspecified atom stereocenters. The summed E-state index contributed by atoms with van der Waals surface area (Å²) in [7, 11) is 0. The van der Waals surface area contributed by atoms with Crippen LogP contribution in [-0.4, -0.2) is 5.78 Å². The first-order valence-electron chi connectivity index (χ1n) is 4.35. The summed E-state index contributed by atoms with van der Waals surface area (Å²) in [5.41, 5.74) is 1.26. The Morgan fingerprint density at radius 1 is 1.36 bits per heavy atom. The molecular weight excluding hydrogens is 136 g/mol. The average Bonchev–Trinajstić information content (AvgIpc) is 2.05. The first-order valence-corrected chi connectivity index (χ1v) is 4.35. The molecular formula is C10H18O. The number of ketones is 1. The topological polar surface area (TPSA) is 17.1 Å². The molecule has 0 radical (unpaired) electrons. The van der Waals surface area contributed by atoms with Crippen LogP contribution < -0.4 is 0 Å². The smallest absolute Gasteiger partial charge is 0.139 e. The van der Waals surface area contributed by atoms with Crippen LogP contribution in [0.4, 0.5) is 0 Å². The van der Waals surface area contributed by atoms with E-state index in [1.807, 2.05) is 20.8 Å². The number of carbonyl (C=O) groups is 1. The minimum atomic E-state index is 0.134. The van der Waals surface area contributed by atoms with Crippen molar-refractivity contribution in [2.75, 3.05) is 0 Å². The Morgan fingerprint density at radius 3 is 2.18 bits per heavy atom. The summed E-state index contributed by atoms with van der Waals surface area (Å²) >= 11 is 0. The van der Waals surface area contributed by atoms with Gasteiger partial charge in [-0.2, -0.15) is 0 Å². The molecule has 1 nitrogen and oxygen atoms in total. The fraction of sp³-hybridized carbons (Fsp3) is 0.700. The van der Waals surface area contributed by atoms with Crippen molar-refractivity contribution < 1.29 is 4.79 Å². The Labute approximate surface area is 69.5 Å². The number of allylic oxidation sites excluding steroid dienone is 2. The van der Waals surface area contributed by atoms with Crippen molar-refractivity contribution in [2.45, 2.75) is 40.5 Å². The molecule has 0 rings (SSSR count). The summed E-state index contributed by atoms with van der Waals surface area (Å²) < 4.78 is 0. The molecule has 0 fully saturated rings.